The van der Waals surface area contributed by atoms with Crippen LogP contribution in [0.2, 0.25) is 0 Å². The molecule has 0 radical (unpaired) electrons. The lowest BCUT2D eigenvalue weighted by Gasteiger charge is -2.37. The van der Waals surface area contributed by atoms with Gasteiger partial charge >= 0.3 is 0 Å². The Bertz CT molecular complexity index is 1170. The van der Waals surface area contributed by atoms with E-state index in [0.717, 1.165) is 5.56 Å². The highest BCUT2D eigenvalue weighted by Gasteiger charge is 2.38. The van der Waals surface area contributed by atoms with Crippen molar-refractivity contribution in [2.24, 2.45) is 0 Å². The zero-order valence-corrected chi connectivity index (χ0v) is 18.5. The summed E-state index contributed by atoms with van der Waals surface area (Å²) in [5.74, 6) is 0.114. The molecule has 3 atom stereocenters. The van der Waals surface area contributed by atoms with Gasteiger partial charge in [0, 0.05) is 24.4 Å². The number of aromatic nitrogens is 1. The van der Waals surface area contributed by atoms with E-state index >= 15 is 4.39 Å². The molecule has 5 rings (SSSR count). The maximum atomic E-state index is 15.7. The average Bonchev–Trinajstić information content (AvgIpc) is 3.36. The maximum absolute atomic E-state index is 15.7. The number of rotatable bonds is 4. The zero-order valence-electron chi connectivity index (χ0n) is 17.7. The van der Waals surface area contributed by atoms with Crippen molar-refractivity contribution >= 4 is 45.8 Å². The van der Waals surface area contributed by atoms with Crippen molar-refractivity contribution in [3.05, 3.63) is 53.3 Å². The van der Waals surface area contributed by atoms with Crippen LogP contribution in [0.5, 0.6) is 0 Å². The molecule has 32 heavy (non-hydrogen) atoms. The monoisotopic (exact) mass is 455 g/mol. The third-order valence-corrected chi connectivity index (χ3v) is 6.76. The minimum Gasteiger partial charge on any atom is -0.372 e. The third kappa shape index (κ3) is 3.45. The highest BCUT2D eigenvalue weighted by atomic mass is 32.2. The number of aldehydes is 1. The van der Waals surface area contributed by atoms with E-state index in [0.29, 0.717) is 30.5 Å². The number of carbonyl (C=O) groups excluding carboxylic acids is 2. The summed E-state index contributed by atoms with van der Waals surface area (Å²) < 4.78 is 26.8. The predicted octanol–water partition coefficient (Wildman–Crippen LogP) is 4.81. The van der Waals surface area contributed by atoms with Crippen molar-refractivity contribution < 1.29 is 23.2 Å². The van der Waals surface area contributed by atoms with Gasteiger partial charge in [0.25, 0.3) is 5.24 Å². The van der Waals surface area contributed by atoms with Gasteiger partial charge in [0.05, 0.1) is 29.3 Å². The van der Waals surface area contributed by atoms with Crippen molar-refractivity contribution in [3.8, 4) is 0 Å². The van der Waals surface area contributed by atoms with Crippen molar-refractivity contribution in [1.29, 1.82) is 0 Å². The number of halogens is 1. The second kappa shape index (κ2) is 8.22. The van der Waals surface area contributed by atoms with Gasteiger partial charge < -0.3 is 14.2 Å². The first-order valence-electron chi connectivity index (χ1n) is 10.5. The Morgan fingerprint density at radius 1 is 1.19 bits per heavy atom. The van der Waals surface area contributed by atoms with E-state index in [1.165, 1.54) is 16.7 Å². The lowest BCUT2D eigenvalue weighted by Crippen LogP contribution is -2.46. The second-order valence-corrected chi connectivity index (χ2v) is 9.14. The highest BCUT2D eigenvalue weighted by Crippen LogP contribution is 2.43. The molecule has 9 heteroatoms. The topological polar surface area (TPSA) is 75.9 Å². The van der Waals surface area contributed by atoms with Gasteiger partial charge in [-0.05, 0) is 25.5 Å². The van der Waals surface area contributed by atoms with Gasteiger partial charge in [-0.15, -0.1) is 0 Å². The minimum absolute atomic E-state index is 0.0658. The largest absolute Gasteiger partial charge is 0.372 e. The predicted molar refractivity (Wildman–Crippen MR) is 121 cm³/mol. The standard InChI is InChI=1S/C23H22FN3O4S/c1-13-9-26(10-14(2)30-13)20-16(11-28)8-17-21(19(20)24)31-25-22(17)27-18(12-32-23(27)29)15-6-4-3-5-7-15/h3-8,11,13-14,18H,9-10,12H2,1-2H3/t13-,14-,18-/m1/s1. The van der Waals surface area contributed by atoms with Gasteiger partial charge in [0.1, 0.15) is 0 Å². The lowest BCUT2D eigenvalue weighted by molar-refractivity contribution is -0.00543. The van der Waals surface area contributed by atoms with Crippen LogP contribution in [0.15, 0.2) is 40.9 Å². The summed E-state index contributed by atoms with van der Waals surface area (Å²) in [4.78, 5) is 28.1. The number of hydrogen-bond acceptors (Lipinski definition) is 7. The van der Waals surface area contributed by atoms with E-state index in [1.54, 1.807) is 6.07 Å². The molecule has 0 unspecified atom stereocenters. The first-order chi connectivity index (χ1) is 15.5. The van der Waals surface area contributed by atoms with Gasteiger partial charge in [-0.2, -0.15) is 0 Å². The summed E-state index contributed by atoms with van der Waals surface area (Å²) in [5.41, 5.74) is 1.25. The van der Waals surface area contributed by atoms with Crippen LogP contribution in [0.25, 0.3) is 11.0 Å². The van der Waals surface area contributed by atoms with Gasteiger partial charge in [0.15, 0.2) is 17.9 Å². The Hall–Kier alpha value is -2.91. The average molecular weight is 456 g/mol. The van der Waals surface area contributed by atoms with Gasteiger partial charge in [0.2, 0.25) is 5.58 Å². The summed E-state index contributed by atoms with van der Waals surface area (Å²) in [6, 6.07) is 10.9. The number of nitrogens with zero attached hydrogens (tertiary/aromatic N) is 3. The molecule has 0 bridgehead atoms. The summed E-state index contributed by atoms with van der Waals surface area (Å²) >= 11 is 1.18. The van der Waals surface area contributed by atoms with Crippen LogP contribution in [0.3, 0.4) is 0 Å². The molecule has 2 aliphatic heterocycles. The second-order valence-electron chi connectivity index (χ2n) is 8.16. The van der Waals surface area contributed by atoms with Crippen LogP contribution in [0.4, 0.5) is 20.7 Å². The van der Waals surface area contributed by atoms with E-state index in [4.69, 9.17) is 9.26 Å². The van der Waals surface area contributed by atoms with E-state index in [1.807, 2.05) is 49.1 Å². The number of fused-ring (bicyclic) bond motifs is 1. The van der Waals surface area contributed by atoms with Crippen LogP contribution in [-0.4, -0.2) is 47.7 Å². The fourth-order valence-electron chi connectivity index (χ4n) is 4.56. The molecular formula is C23H22FN3O4S. The lowest BCUT2D eigenvalue weighted by atomic mass is 10.0. The normalized spacial score (nSPS) is 23.8. The molecule has 3 aromatic rings. The first-order valence-corrected chi connectivity index (χ1v) is 11.4. The Morgan fingerprint density at radius 2 is 1.91 bits per heavy atom. The van der Waals surface area contributed by atoms with Gasteiger partial charge in [-0.1, -0.05) is 47.3 Å². The van der Waals surface area contributed by atoms with Crippen molar-refractivity contribution in [2.45, 2.75) is 32.1 Å². The Balaban J connectivity index is 1.62. The molecule has 0 saturated carbocycles. The van der Waals surface area contributed by atoms with Crippen molar-refractivity contribution in [2.75, 3.05) is 28.6 Å². The molecule has 0 aliphatic carbocycles. The van der Waals surface area contributed by atoms with Crippen LogP contribution in [0.1, 0.15) is 35.8 Å². The van der Waals surface area contributed by atoms with E-state index in [2.05, 4.69) is 5.16 Å². The zero-order chi connectivity index (χ0) is 22.4. The van der Waals surface area contributed by atoms with Crippen LogP contribution >= 0.6 is 11.8 Å². The molecule has 0 N–H and O–H groups in total. The molecule has 2 aromatic carbocycles. The number of ether oxygens (including phenoxy) is 1. The quantitative estimate of drug-likeness (QED) is 0.523. The Morgan fingerprint density at radius 3 is 2.59 bits per heavy atom. The molecule has 3 heterocycles. The molecule has 2 saturated heterocycles. The number of morpholine rings is 1. The van der Waals surface area contributed by atoms with Crippen LogP contribution < -0.4 is 9.80 Å². The minimum atomic E-state index is -0.653. The summed E-state index contributed by atoms with van der Waals surface area (Å²) in [5, 5.41) is 4.19. The molecular weight excluding hydrogens is 433 g/mol. The molecule has 2 aliphatic rings. The number of anilines is 2. The molecule has 7 nitrogen and oxygen atoms in total. The number of carbonyl (C=O) groups is 2. The first kappa shape index (κ1) is 21.0. The summed E-state index contributed by atoms with van der Waals surface area (Å²) in [7, 11) is 0. The highest BCUT2D eigenvalue weighted by molar-refractivity contribution is 8.14. The van der Waals surface area contributed by atoms with E-state index in [9.17, 15) is 9.59 Å². The maximum Gasteiger partial charge on any atom is 0.288 e. The van der Waals surface area contributed by atoms with Crippen LogP contribution in [0, 0.1) is 5.82 Å². The Labute approximate surface area is 188 Å². The summed E-state index contributed by atoms with van der Waals surface area (Å²) in [6.45, 7) is 4.72. The SMILES string of the molecule is C[C@@H]1CN(c2c(C=O)cc3c(N4C(=O)SC[C@@H]4c4ccccc4)noc3c2F)C[C@@H](C)O1. The molecule has 0 spiro atoms. The number of hydrogen-bond donors (Lipinski definition) is 0. The molecule has 1 amide bonds. The summed E-state index contributed by atoms with van der Waals surface area (Å²) in [6.07, 6.45) is 0.420. The van der Waals surface area contributed by atoms with Crippen LogP contribution in [-0.2, 0) is 4.74 Å². The van der Waals surface area contributed by atoms with Gasteiger partial charge in [-0.25, -0.2) is 4.39 Å². The molecule has 2 fully saturated rings. The Kier molecular flexibility index (Phi) is 5.38. The van der Waals surface area contributed by atoms with E-state index in [-0.39, 0.29) is 46.1 Å². The van der Waals surface area contributed by atoms with Crippen molar-refractivity contribution in [3.63, 3.8) is 0 Å². The molecule has 1 aromatic heterocycles. The number of amides is 1. The number of benzene rings is 2. The fourth-order valence-corrected chi connectivity index (χ4v) is 5.55. The van der Waals surface area contributed by atoms with Crippen molar-refractivity contribution in [1.82, 2.24) is 5.16 Å². The smallest absolute Gasteiger partial charge is 0.288 e. The van der Waals surface area contributed by atoms with Gasteiger partial charge in [-0.3, -0.25) is 14.5 Å². The third-order valence-electron chi connectivity index (χ3n) is 5.84. The fraction of sp³-hybridized carbons (Fsp3) is 0.348. The molecule has 166 valence electrons. The van der Waals surface area contributed by atoms with E-state index < -0.39 is 5.82 Å². The number of thioether (sulfide) groups is 1.